The van der Waals surface area contributed by atoms with Crippen molar-refractivity contribution in [3.8, 4) is 11.5 Å². The third kappa shape index (κ3) is 3.66. The minimum Gasteiger partial charge on any atom is -0.457 e. The van der Waals surface area contributed by atoms with E-state index in [1.165, 1.54) is 12.1 Å². The van der Waals surface area contributed by atoms with Crippen molar-refractivity contribution in [2.24, 2.45) is 0 Å². The molecule has 0 radical (unpaired) electrons. The van der Waals surface area contributed by atoms with Crippen LogP contribution in [0.2, 0.25) is 5.02 Å². The molecule has 1 heterocycles. The van der Waals surface area contributed by atoms with E-state index in [1.807, 2.05) is 6.92 Å². The van der Waals surface area contributed by atoms with Gasteiger partial charge in [-0.15, -0.1) is 0 Å². The maximum atomic E-state index is 13.1. The molecule has 1 aromatic carbocycles. The lowest BCUT2D eigenvalue weighted by Crippen LogP contribution is -2.12. The summed E-state index contributed by atoms with van der Waals surface area (Å²) in [5.41, 5.74) is 0.935. The maximum absolute atomic E-state index is 13.1. The van der Waals surface area contributed by atoms with Crippen LogP contribution in [-0.4, -0.2) is 11.5 Å². The van der Waals surface area contributed by atoms with Gasteiger partial charge in [-0.05, 0) is 24.7 Å². The lowest BCUT2D eigenvalue weighted by Gasteiger charge is -2.11. The molecule has 1 aromatic heterocycles. The molecule has 0 amide bonds. The molecule has 2 aromatic rings. The first-order chi connectivity index (χ1) is 9.20. The van der Waals surface area contributed by atoms with Crippen molar-refractivity contribution in [2.45, 2.75) is 13.5 Å². The van der Waals surface area contributed by atoms with Crippen molar-refractivity contribution < 1.29 is 9.13 Å². The Kier molecular flexibility index (Phi) is 4.71. The monoisotopic (exact) mass is 280 g/mol. The molecular weight excluding hydrogens is 267 g/mol. The Hall–Kier alpha value is -1.65. The molecular formula is C14H14ClFN2O. The maximum Gasteiger partial charge on any atom is 0.142 e. The Balaban J connectivity index is 2.20. The third-order valence-corrected chi connectivity index (χ3v) is 2.83. The van der Waals surface area contributed by atoms with Gasteiger partial charge in [0.1, 0.15) is 17.3 Å². The molecule has 0 fully saturated rings. The predicted molar refractivity (Wildman–Crippen MR) is 73.1 cm³/mol. The van der Waals surface area contributed by atoms with Gasteiger partial charge in [-0.2, -0.15) is 0 Å². The van der Waals surface area contributed by atoms with Crippen LogP contribution in [0, 0.1) is 5.82 Å². The van der Waals surface area contributed by atoms with E-state index in [0.717, 1.165) is 12.1 Å². The van der Waals surface area contributed by atoms with E-state index < -0.39 is 5.82 Å². The zero-order valence-corrected chi connectivity index (χ0v) is 11.2. The summed E-state index contributed by atoms with van der Waals surface area (Å²) in [4.78, 5) is 4.07. The van der Waals surface area contributed by atoms with E-state index in [-0.39, 0.29) is 5.02 Å². The van der Waals surface area contributed by atoms with E-state index in [0.29, 0.717) is 18.0 Å². The molecule has 0 saturated carbocycles. The molecule has 0 spiro atoms. The molecule has 0 aliphatic heterocycles. The Morgan fingerprint density at radius 1 is 1.37 bits per heavy atom. The molecule has 0 saturated heterocycles. The average molecular weight is 281 g/mol. The van der Waals surface area contributed by atoms with Crippen LogP contribution in [0.25, 0.3) is 0 Å². The van der Waals surface area contributed by atoms with Gasteiger partial charge in [0.2, 0.25) is 0 Å². The van der Waals surface area contributed by atoms with Crippen LogP contribution in [-0.2, 0) is 6.54 Å². The van der Waals surface area contributed by atoms with Crippen molar-refractivity contribution in [1.29, 1.82) is 0 Å². The largest absolute Gasteiger partial charge is 0.457 e. The number of nitrogens with one attached hydrogen (secondary N) is 1. The summed E-state index contributed by atoms with van der Waals surface area (Å²) in [7, 11) is 0. The molecule has 0 bridgehead atoms. The highest BCUT2D eigenvalue weighted by Crippen LogP contribution is 2.27. The van der Waals surface area contributed by atoms with Crippen LogP contribution in [0.5, 0.6) is 11.5 Å². The first-order valence-electron chi connectivity index (χ1n) is 5.97. The number of benzene rings is 1. The topological polar surface area (TPSA) is 34.2 Å². The van der Waals surface area contributed by atoms with Crippen molar-refractivity contribution in [3.63, 3.8) is 0 Å². The number of hydrogen-bond donors (Lipinski definition) is 1. The summed E-state index contributed by atoms with van der Waals surface area (Å²) in [6.45, 7) is 3.54. The fourth-order valence-electron chi connectivity index (χ4n) is 1.57. The van der Waals surface area contributed by atoms with E-state index in [1.54, 1.807) is 24.5 Å². The van der Waals surface area contributed by atoms with Crippen LogP contribution < -0.4 is 10.1 Å². The number of pyridine rings is 1. The third-order valence-electron chi connectivity index (χ3n) is 2.54. The van der Waals surface area contributed by atoms with Crippen LogP contribution in [0.15, 0.2) is 36.7 Å². The van der Waals surface area contributed by atoms with E-state index >= 15 is 0 Å². The number of nitrogens with zero attached hydrogens (tertiary/aromatic N) is 1. The van der Waals surface area contributed by atoms with E-state index in [2.05, 4.69) is 10.3 Å². The quantitative estimate of drug-likeness (QED) is 0.905. The van der Waals surface area contributed by atoms with Crippen LogP contribution in [0.4, 0.5) is 4.39 Å². The van der Waals surface area contributed by atoms with Crippen molar-refractivity contribution in [3.05, 3.63) is 53.1 Å². The Morgan fingerprint density at radius 2 is 2.21 bits per heavy atom. The summed E-state index contributed by atoms with van der Waals surface area (Å²) in [5.74, 6) is 0.714. The van der Waals surface area contributed by atoms with Gasteiger partial charge in [0.15, 0.2) is 0 Å². The molecule has 5 heteroatoms. The minimum absolute atomic E-state index is 0.0415. The normalized spacial score (nSPS) is 10.5. The summed E-state index contributed by atoms with van der Waals surface area (Å²) < 4.78 is 18.8. The van der Waals surface area contributed by atoms with Crippen LogP contribution in [0.3, 0.4) is 0 Å². The van der Waals surface area contributed by atoms with E-state index in [4.69, 9.17) is 16.3 Å². The molecule has 19 heavy (non-hydrogen) atoms. The van der Waals surface area contributed by atoms with Gasteiger partial charge in [-0.1, -0.05) is 18.5 Å². The highest BCUT2D eigenvalue weighted by atomic mass is 35.5. The van der Waals surface area contributed by atoms with Crippen LogP contribution in [0.1, 0.15) is 12.5 Å². The van der Waals surface area contributed by atoms with Crippen molar-refractivity contribution >= 4 is 11.6 Å². The second-order valence-electron chi connectivity index (χ2n) is 3.94. The van der Waals surface area contributed by atoms with Crippen molar-refractivity contribution in [2.75, 3.05) is 6.54 Å². The summed E-state index contributed by atoms with van der Waals surface area (Å²) in [6, 6.07) is 6.04. The van der Waals surface area contributed by atoms with Gasteiger partial charge in [0.05, 0.1) is 5.02 Å². The molecule has 2 rings (SSSR count). The fraction of sp³-hybridized carbons (Fsp3) is 0.214. The molecule has 1 N–H and O–H groups in total. The lowest BCUT2D eigenvalue weighted by atomic mass is 10.2. The first-order valence-corrected chi connectivity index (χ1v) is 6.35. The second-order valence-corrected chi connectivity index (χ2v) is 4.35. The fourth-order valence-corrected chi connectivity index (χ4v) is 1.74. The number of rotatable bonds is 5. The Morgan fingerprint density at radius 3 is 2.95 bits per heavy atom. The SMILES string of the molecule is CCNCc1cnccc1Oc1ccc(F)c(Cl)c1. The predicted octanol–water partition coefficient (Wildman–Crippen LogP) is 3.78. The average Bonchev–Trinajstić information content (AvgIpc) is 2.42. The van der Waals surface area contributed by atoms with Gasteiger partial charge in [-0.3, -0.25) is 4.98 Å². The molecule has 100 valence electrons. The number of halogens is 2. The first kappa shape index (κ1) is 13.8. The molecule has 3 nitrogen and oxygen atoms in total. The zero-order chi connectivity index (χ0) is 13.7. The molecule has 0 unspecified atom stereocenters. The van der Waals surface area contributed by atoms with Gasteiger partial charge >= 0.3 is 0 Å². The lowest BCUT2D eigenvalue weighted by molar-refractivity contribution is 0.470. The van der Waals surface area contributed by atoms with E-state index in [9.17, 15) is 4.39 Å². The zero-order valence-electron chi connectivity index (χ0n) is 10.5. The Bertz CT molecular complexity index is 563. The smallest absolute Gasteiger partial charge is 0.142 e. The highest BCUT2D eigenvalue weighted by Gasteiger charge is 2.06. The molecule has 0 aliphatic rings. The number of hydrogen-bond acceptors (Lipinski definition) is 3. The summed E-state index contributed by atoms with van der Waals surface area (Å²) in [6.07, 6.45) is 3.39. The van der Waals surface area contributed by atoms with Gasteiger partial charge in [-0.25, -0.2) is 4.39 Å². The summed E-state index contributed by atoms with van der Waals surface area (Å²) >= 11 is 5.72. The summed E-state index contributed by atoms with van der Waals surface area (Å²) in [5, 5.41) is 3.25. The number of aromatic nitrogens is 1. The van der Waals surface area contributed by atoms with Crippen molar-refractivity contribution in [1.82, 2.24) is 10.3 Å². The van der Waals surface area contributed by atoms with Gasteiger partial charge < -0.3 is 10.1 Å². The van der Waals surface area contributed by atoms with Gasteiger partial charge in [0, 0.05) is 30.6 Å². The highest BCUT2D eigenvalue weighted by molar-refractivity contribution is 6.30. The second kappa shape index (κ2) is 6.50. The minimum atomic E-state index is -0.461. The standard InChI is InChI=1S/C14H14ClFN2O/c1-2-17-8-10-9-18-6-5-14(10)19-11-3-4-13(16)12(15)7-11/h3-7,9,17H,2,8H2,1H3. The Labute approximate surface area is 116 Å². The number of ether oxygens (including phenoxy) is 1. The van der Waals surface area contributed by atoms with Gasteiger partial charge in [0.25, 0.3) is 0 Å². The molecule has 0 atom stereocenters. The van der Waals surface area contributed by atoms with Crippen LogP contribution >= 0.6 is 11.6 Å². The molecule has 0 aliphatic carbocycles.